The van der Waals surface area contributed by atoms with Crippen LogP contribution >= 0.6 is 0 Å². The number of hydrogen-bond acceptors (Lipinski definition) is 4. The van der Waals surface area contributed by atoms with Crippen LogP contribution in [0, 0.1) is 0 Å². The van der Waals surface area contributed by atoms with E-state index in [2.05, 4.69) is 5.32 Å². The van der Waals surface area contributed by atoms with Gasteiger partial charge in [0.2, 0.25) is 11.8 Å². The van der Waals surface area contributed by atoms with Crippen molar-refractivity contribution in [3.8, 4) is 0 Å². The normalized spacial score (nSPS) is 16.8. The van der Waals surface area contributed by atoms with E-state index in [1.165, 1.54) is 14.0 Å². The van der Waals surface area contributed by atoms with Crippen molar-refractivity contribution in [1.29, 1.82) is 0 Å². The maximum Gasteiger partial charge on any atom is 0.328 e. The van der Waals surface area contributed by atoms with Crippen LogP contribution in [0.2, 0.25) is 0 Å². The van der Waals surface area contributed by atoms with Gasteiger partial charge in [-0.05, 0) is 30.9 Å². The predicted molar refractivity (Wildman–Crippen MR) is 127 cm³/mol. The van der Waals surface area contributed by atoms with Crippen LogP contribution in [0.15, 0.2) is 60.7 Å². The zero-order valence-electron chi connectivity index (χ0n) is 19.8. The number of nitrogens with one attached hydrogen (secondary N) is 1. The second-order valence-corrected chi connectivity index (χ2v) is 8.81. The monoisotopic (exact) mass is 450 g/mol. The summed E-state index contributed by atoms with van der Waals surface area (Å²) in [6, 6.07) is 18.2. The van der Waals surface area contributed by atoms with Gasteiger partial charge in [-0.25, -0.2) is 4.79 Å². The summed E-state index contributed by atoms with van der Waals surface area (Å²) in [6.45, 7) is 3.48. The molecule has 33 heavy (non-hydrogen) atoms. The number of hydrogen-bond donors (Lipinski definition) is 1. The zero-order valence-corrected chi connectivity index (χ0v) is 19.8. The standard InChI is InChI=1S/C27H34N2O4/c1-20(23-15-9-5-10-16-23)29(21(2)30)27(17-11-6-12-18-27)26(32)28-24(25(31)33-3)19-22-13-7-4-8-14-22/h4-5,7-10,13-16,20,24H,6,11-12,17-19H2,1-3H3,(H,28,32)/t20-,24-/m1/s1. The highest BCUT2D eigenvalue weighted by Gasteiger charge is 2.49. The van der Waals surface area contributed by atoms with Crippen molar-refractivity contribution >= 4 is 17.8 Å². The summed E-state index contributed by atoms with van der Waals surface area (Å²) in [7, 11) is 1.32. The molecule has 0 radical (unpaired) electrons. The van der Waals surface area contributed by atoms with Crippen molar-refractivity contribution in [2.75, 3.05) is 7.11 Å². The molecule has 0 unspecified atom stereocenters. The Labute approximate surface area is 196 Å². The molecule has 0 saturated heterocycles. The van der Waals surface area contributed by atoms with Crippen molar-refractivity contribution < 1.29 is 19.1 Å². The molecule has 2 amide bonds. The lowest BCUT2D eigenvalue weighted by Gasteiger charge is -2.48. The maximum atomic E-state index is 13.9. The van der Waals surface area contributed by atoms with Gasteiger partial charge in [-0.2, -0.15) is 0 Å². The summed E-state index contributed by atoms with van der Waals surface area (Å²) < 4.78 is 5.00. The number of carbonyl (C=O) groups is 3. The highest BCUT2D eigenvalue weighted by atomic mass is 16.5. The molecule has 6 nitrogen and oxygen atoms in total. The fourth-order valence-corrected chi connectivity index (χ4v) is 5.02. The Morgan fingerprint density at radius 1 is 0.970 bits per heavy atom. The minimum atomic E-state index is -1.01. The van der Waals surface area contributed by atoms with Crippen LogP contribution in [0.25, 0.3) is 0 Å². The van der Waals surface area contributed by atoms with E-state index < -0.39 is 17.6 Å². The topological polar surface area (TPSA) is 75.7 Å². The molecular weight excluding hydrogens is 416 g/mol. The van der Waals surface area contributed by atoms with E-state index in [1.807, 2.05) is 67.6 Å². The molecule has 6 heteroatoms. The predicted octanol–water partition coefficient (Wildman–Crippen LogP) is 4.20. The summed E-state index contributed by atoms with van der Waals surface area (Å²) in [4.78, 5) is 41.2. The molecule has 1 aliphatic carbocycles. The van der Waals surface area contributed by atoms with Gasteiger partial charge in [0.1, 0.15) is 11.6 Å². The van der Waals surface area contributed by atoms with Gasteiger partial charge in [-0.15, -0.1) is 0 Å². The fraction of sp³-hybridized carbons (Fsp3) is 0.444. The molecule has 0 aliphatic heterocycles. The van der Waals surface area contributed by atoms with Crippen LogP contribution in [-0.4, -0.2) is 41.4 Å². The van der Waals surface area contributed by atoms with E-state index in [9.17, 15) is 14.4 Å². The summed E-state index contributed by atoms with van der Waals surface area (Å²) in [5.74, 6) is -0.934. The van der Waals surface area contributed by atoms with Crippen LogP contribution in [0.1, 0.15) is 63.1 Å². The number of rotatable bonds is 8. The molecule has 2 aromatic rings. The highest BCUT2D eigenvalue weighted by Crippen LogP contribution is 2.39. The van der Waals surface area contributed by atoms with Gasteiger partial charge in [0, 0.05) is 13.3 Å². The first-order valence-electron chi connectivity index (χ1n) is 11.7. The number of amides is 2. The number of benzene rings is 2. The Morgan fingerprint density at radius 2 is 1.55 bits per heavy atom. The first-order valence-corrected chi connectivity index (χ1v) is 11.7. The Hall–Kier alpha value is -3.15. The Balaban J connectivity index is 1.94. The first kappa shape index (κ1) is 24.5. The SMILES string of the molecule is COC(=O)[C@@H](Cc1ccccc1)NC(=O)C1(N(C(C)=O)[C@H](C)c2ccccc2)CCCCC1. The van der Waals surface area contributed by atoms with E-state index in [4.69, 9.17) is 4.74 Å². The molecule has 0 spiro atoms. The molecule has 1 fully saturated rings. The van der Waals surface area contributed by atoms with Crippen molar-refractivity contribution in [3.05, 3.63) is 71.8 Å². The lowest BCUT2D eigenvalue weighted by Crippen LogP contribution is -2.63. The van der Waals surface area contributed by atoms with E-state index in [0.717, 1.165) is 30.4 Å². The molecule has 1 aliphatic rings. The van der Waals surface area contributed by atoms with Crippen LogP contribution in [0.3, 0.4) is 0 Å². The molecule has 1 saturated carbocycles. The summed E-state index contributed by atoms with van der Waals surface area (Å²) in [5.41, 5.74) is 0.883. The van der Waals surface area contributed by atoms with E-state index in [0.29, 0.717) is 19.3 Å². The average molecular weight is 451 g/mol. The second kappa shape index (κ2) is 11.1. The molecule has 0 heterocycles. The minimum Gasteiger partial charge on any atom is -0.467 e. The van der Waals surface area contributed by atoms with Crippen LogP contribution in [0.4, 0.5) is 0 Å². The largest absolute Gasteiger partial charge is 0.467 e. The van der Waals surface area contributed by atoms with Crippen LogP contribution in [0.5, 0.6) is 0 Å². The summed E-state index contributed by atoms with van der Waals surface area (Å²) >= 11 is 0. The third-order valence-electron chi connectivity index (χ3n) is 6.65. The first-order chi connectivity index (χ1) is 15.9. The molecule has 1 N–H and O–H groups in total. The van der Waals surface area contributed by atoms with Crippen molar-refractivity contribution in [3.63, 3.8) is 0 Å². The quantitative estimate of drug-likeness (QED) is 0.612. The molecule has 0 bridgehead atoms. The number of esters is 1. The minimum absolute atomic E-state index is 0.152. The Bertz CT molecular complexity index is 939. The molecule has 176 valence electrons. The van der Waals surface area contributed by atoms with Gasteiger partial charge in [0.15, 0.2) is 0 Å². The molecule has 0 aromatic heterocycles. The summed E-state index contributed by atoms with van der Waals surface area (Å²) in [6.07, 6.45) is 4.17. The third-order valence-corrected chi connectivity index (χ3v) is 6.65. The number of methoxy groups -OCH3 is 1. The molecule has 2 atom stereocenters. The van der Waals surface area contributed by atoms with Gasteiger partial charge in [0.25, 0.3) is 0 Å². The van der Waals surface area contributed by atoms with E-state index in [1.54, 1.807) is 4.90 Å². The maximum absolute atomic E-state index is 13.9. The Morgan fingerprint density at radius 3 is 2.09 bits per heavy atom. The van der Waals surface area contributed by atoms with Crippen molar-refractivity contribution in [1.82, 2.24) is 10.2 Å². The second-order valence-electron chi connectivity index (χ2n) is 8.81. The van der Waals surface area contributed by atoms with Gasteiger partial charge in [-0.3, -0.25) is 9.59 Å². The average Bonchev–Trinajstić information content (AvgIpc) is 2.84. The lowest BCUT2D eigenvalue weighted by atomic mass is 9.77. The number of carbonyl (C=O) groups excluding carboxylic acids is 3. The van der Waals surface area contributed by atoms with Crippen LogP contribution < -0.4 is 5.32 Å². The van der Waals surface area contributed by atoms with Gasteiger partial charge >= 0.3 is 5.97 Å². The molecule has 3 rings (SSSR count). The number of ether oxygens (including phenoxy) is 1. The Kier molecular flexibility index (Phi) is 8.26. The van der Waals surface area contributed by atoms with E-state index in [-0.39, 0.29) is 17.9 Å². The third kappa shape index (κ3) is 5.62. The van der Waals surface area contributed by atoms with E-state index >= 15 is 0 Å². The van der Waals surface area contributed by atoms with Gasteiger partial charge in [-0.1, -0.05) is 79.9 Å². The van der Waals surface area contributed by atoms with Crippen molar-refractivity contribution in [2.24, 2.45) is 0 Å². The molecular formula is C27H34N2O4. The highest BCUT2D eigenvalue weighted by molar-refractivity contribution is 5.94. The number of nitrogens with zero attached hydrogens (tertiary/aromatic N) is 1. The van der Waals surface area contributed by atoms with Gasteiger partial charge in [0.05, 0.1) is 13.2 Å². The zero-order chi connectivity index (χ0) is 23.8. The van der Waals surface area contributed by atoms with Crippen LogP contribution in [-0.2, 0) is 25.5 Å². The fourth-order valence-electron chi connectivity index (χ4n) is 5.02. The smallest absolute Gasteiger partial charge is 0.328 e. The molecule has 2 aromatic carbocycles. The summed E-state index contributed by atoms with van der Waals surface area (Å²) in [5, 5.41) is 2.96. The van der Waals surface area contributed by atoms with Gasteiger partial charge < -0.3 is 15.0 Å². The van der Waals surface area contributed by atoms with Crippen molar-refractivity contribution in [2.45, 2.75) is 70.0 Å². The lowest BCUT2D eigenvalue weighted by molar-refractivity contribution is -0.155.